The first-order valence-corrected chi connectivity index (χ1v) is 17.5. The van der Waals surface area contributed by atoms with Crippen LogP contribution in [0.2, 0.25) is 0 Å². The molecule has 0 aliphatic carbocycles. The zero-order valence-corrected chi connectivity index (χ0v) is 28.1. The molecule has 0 saturated carbocycles. The van der Waals surface area contributed by atoms with E-state index in [9.17, 15) is 19.2 Å². The normalized spacial score (nSPS) is 34.6. The molecule has 6 fully saturated rings. The maximum atomic E-state index is 13.4. The molecule has 0 radical (unpaired) electrons. The zero-order valence-electron chi connectivity index (χ0n) is 28.1. The average Bonchev–Trinajstić information content (AvgIpc) is 4.03. The summed E-state index contributed by atoms with van der Waals surface area (Å²) in [5.41, 5.74) is 1.32. The van der Waals surface area contributed by atoms with Crippen LogP contribution in [0, 0.1) is 0 Å². The van der Waals surface area contributed by atoms with Crippen molar-refractivity contribution in [2.75, 3.05) is 27.3 Å². The molecule has 12 atom stereocenters. The molecule has 12 heteroatoms. The van der Waals surface area contributed by atoms with Gasteiger partial charge >= 0.3 is 23.9 Å². The number of epoxide rings is 2. The molecule has 0 amide bonds. The first kappa shape index (κ1) is 33.1. The Kier molecular flexibility index (Phi) is 8.96. The maximum Gasteiger partial charge on any atom is 0.331 e. The number of carbonyl (C=O) groups excluding carboxylic acids is 4. The van der Waals surface area contributed by atoms with Gasteiger partial charge in [0.2, 0.25) is 0 Å². The highest BCUT2D eigenvalue weighted by Gasteiger charge is 2.64. The minimum atomic E-state index is -0.834. The summed E-state index contributed by atoms with van der Waals surface area (Å²) in [5, 5.41) is 0. The van der Waals surface area contributed by atoms with E-state index < -0.39 is 35.7 Å². The first-order chi connectivity index (χ1) is 24.2. The van der Waals surface area contributed by atoms with E-state index in [-0.39, 0.29) is 74.0 Å². The van der Waals surface area contributed by atoms with Gasteiger partial charge in [-0.2, -0.15) is 0 Å². The Hall–Kier alpha value is -4.10. The molecule has 6 aliphatic rings. The summed E-state index contributed by atoms with van der Waals surface area (Å²) in [4.78, 5) is 56.9. The number of piperidine rings is 2. The van der Waals surface area contributed by atoms with Crippen molar-refractivity contribution in [3.63, 3.8) is 0 Å². The van der Waals surface area contributed by atoms with E-state index in [4.69, 9.17) is 28.4 Å². The summed E-state index contributed by atoms with van der Waals surface area (Å²) >= 11 is 0. The number of fused-ring (bicyclic) bond motifs is 10. The lowest BCUT2D eigenvalue weighted by molar-refractivity contribution is -0.160. The topological polar surface area (TPSA) is 137 Å². The van der Waals surface area contributed by atoms with Crippen LogP contribution in [0.15, 0.2) is 72.8 Å². The summed E-state index contributed by atoms with van der Waals surface area (Å²) in [7, 11) is 4.18. The molecule has 0 spiro atoms. The summed E-state index contributed by atoms with van der Waals surface area (Å²) in [6.45, 7) is -0.522. The number of ether oxygens (including phenoxy) is 6. The number of morpholine rings is 2. The van der Waals surface area contributed by atoms with Gasteiger partial charge in [-0.3, -0.25) is 19.4 Å². The van der Waals surface area contributed by atoms with Crippen molar-refractivity contribution in [2.24, 2.45) is 0 Å². The Morgan fingerprint density at radius 3 is 1.30 bits per heavy atom. The van der Waals surface area contributed by atoms with Crippen LogP contribution in [0.1, 0.15) is 48.6 Å². The lowest BCUT2D eigenvalue weighted by Gasteiger charge is -2.38. The molecule has 2 aromatic carbocycles. The van der Waals surface area contributed by atoms with Gasteiger partial charge in [-0.25, -0.2) is 9.59 Å². The Morgan fingerprint density at radius 1 is 0.620 bits per heavy atom. The van der Waals surface area contributed by atoms with Gasteiger partial charge in [-0.05, 0) is 25.2 Å². The summed E-state index contributed by atoms with van der Waals surface area (Å²) in [6.07, 6.45) is 5.10. The largest absolute Gasteiger partial charge is 0.462 e. The van der Waals surface area contributed by atoms with Gasteiger partial charge in [-0.15, -0.1) is 0 Å². The van der Waals surface area contributed by atoms with E-state index in [1.165, 1.54) is 0 Å². The van der Waals surface area contributed by atoms with Crippen LogP contribution >= 0.6 is 0 Å². The van der Waals surface area contributed by atoms with E-state index >= 15 is 0 Å². The standard InChI is InChI=1S/C38H42N2O10/c1-39-27-15-23(16-28(39)34-33(27)49-34)47-37(43)25(21-9-5-3-6-10-21)19-45-31(41)13-14-32(42)46-20-26(22-11-7-4-8-12-22)38(44)48-24-17-29-35-36(50-35)30(18-24)40(29)2/h3-14,23-30,33-36H,15-20H2,1-2H3/b14-13-/t23-,24-,25-,26-,27-,28+,29-,30+,33-,34+,35-,36+/m1/s1. The van der Waals surface area contributed by atoms with Crippen LogP contribution in [0.3, 0.4) is 0 Å². The van der Waals surface area contributed by atoms with Gasteiger partial charge in [0.05, 0.1) is 0 Å². The molecule has 12 nitrogen and oxygen atoms in total. The number of hydrogen-bond donors (Lipinski definition) is 0. The van der Waals surface area contributed by atoms with Gasteiger partial charge in [-0.1, -0.05) is 60.7 Å². The van der Waals surface area contributed by atoms with E-state index in [0.717, 1.165) is 12.2 Å². The van der Waals surface area contributed by atoms with Crippen molar-refractivity contribution >= 4 is 23.9 Å². The van der Waals surface area contributed by atoms with Crippen LogP contribution < -0.4 is 0 Å². The molecule has 4 bridgehead atoms. The SMILES string of the molecule is CN1[C@@H]2C[C@@H](OC(=O)[C@H](COC(=O)/C=C\C(=O)OC[C@@H](C(=O)O[C@@H]3C[C@@H]4[C@H]5O[C@H]5[C@H](C3)N4C)c3ccccc3)c3ccccc3)C[C@H]1[C@@H]1O[C@@H]12. The zero-order chi connectivity index (χ0) is 34.5. The smallest absolute Gasteiger partial charge is 0.331 e. The molecule has 6 aliphatic heterocycles. The molecule has 50 heavy (non-hydrogen) atoms. The fourth-order valence-electron chi connectivity index (χ4n) is 8.62. The van der Waals surface area contributed by atoms with Crippen molar-refractivity contribution in [3.05, 3.63) is 83.9 Å². The van der Waals surface area contributed by atoms with E-state index in [1.54, 1.807) is 48.5 Å². The number of rotatable bonds is 12. The Morgan fingerprint density at radius 2 is 0.960 bits per heavy atom. The van der Waals surface area contributed by atoms with Crippen LogP contribution in [-0.4, -0.2) is 122 Å². The lowest BCUT2D eigenvalue weighted by atomic mass is 9.97. The fourth-order valence-corrected chi connectivity index (χ4v) is 8.62. The van der Waals surface area contributed by atoms with E-state index in [2.05, 4.69) is 23.9 Å². The number of hydrogen-bond acceptors (Lipinski definition) is 12. The molecule has 264 valence electrons. The van der Waals surface area contributed by atoms with E-state index in [0.29, 0.717) is 36.8 Å². The third kappa shape index (κ3) is 6.57. The molecule has 2 aromatic rings. The van der Waals surface area contributed by atoms with Crippen molar-refractivity contribution in [2.45, 2.75) is 98.3 Å². The number of nitrogens with zero attached hydrogens (tertiary/aromatic N) is 2. The van der Waals surface area contributed by atoms with Crippen LogP contribution in [-0.2, 0) is 47.6 Å². The van der Waals surface area contributed by atoms with Gasteiger partial charge in [0.1, 0.15) is 61.7 Å². The first-order valence-electron chi connectivity index (χ1n) is 17.5. The predicted molar refractivity (Wildman–Crippen MR) is 176 cm³/mol. The number of likely N-dealkylation sites (N-methyl/N-ethyl adjacent to an activating group) is 2. The van der Waals surface area contributed by atoms with Crippen molar-refractivity contribution in [3.8, 4) is 0 Å². The Bertz CT molecular complexity index is 1480. The minimum absolute atomic E-state index is 0.219. The van der Waals surface area contributed by atoms with Crippen LogP contribution in [0.4, 0.5) is 0 Å². The quantitative estimate of drug-likeness (QED) is 0.140. The summed E-state index contributed by atoms with van der Waals surface area (Å²) in [6, 6.07) is 19.0. The number of carbonyl (C=O) groups is 4. The Balaban J connectivity index is 0.840. The highest BCUT2D eigenvalue weighted by molar-refractivity contribution is 5.92. The lowest BCUT2D eigenvalue weighted by Crippen LogP contribution is -2.48. The monoisotopic (exact) mass is 686 g/mol. The number of benzene rings is 2. The summed E-state index contributed by atoms with van der Waals surface area (Å²) in [5.74, 6) is -4.23. The van der Waals surface area contributed by atoms with Gasteiger partial charge in [0, 0.05) is 62.0 Å². The molecular formula is C38H42N2O10. The molecule has 0 N–H and O–H groups in total. The molecule has 8 rings (SSSR count). The molecule has 6 heterocycles. The van der Waals surface area contributed by atoms with Gasteiger partial charge < -0.3 is 28.4 Å². The molecule has 0 unspecified atom stereocenters. The van der Waals surface area contributed by atoms with Crippen molar-refractivity contribution in [1.29, 1.82) is 0 Å². The predicted octanol–water partition coefficient (Wildman–Crippen LogP) is 2.51. The molecule has 0 aromatic heterocycles. The van der Waals surface area contributed by atoms with E-state index in [1.807, 2.05) is 12.1 Å². The summed E-state index contributed by atoms with van der Waals surface area (Å²) < 4.78 is 34.3. The molecule has 6 saturated heterocycles. The fraction of sp³-hybridized carbons (Fsp3) is 0.526. The second-order valence-electron chi connectivity index (χ2n) is 14.3. The number of esters is 4. The third-order valence-corrected chi connectivity index (χ3v) is 11.4. The van der Waals surface area contributed by atoms with Crippen LogP contribution in [0.5, 0.6) is 0 Å². The highest BCUT2D eigenvalue weighted by atomic mass is 16.6. The minimum Gasteiger partial charge on any atom is -0.462 e. The molecular weight excluding hydrogens is 644 g/mol. The second kappa shape index (κ2) is 13.6. The maximum absolute atomic E-state index is 13.4. The highest BCUT2D eigenvalue weighted by Crippen LogP contribution is 2.49. The van der Waals surface area contributed by atoms with Crippen LogP contribution in [0.25, 0.3) is 0 Å². The van der Waals surface area contributed by atoms with Crippen molar-refractivity contribution < 1.29 is 47.6 Å². The third-order valence-electron chi connectivity index (χ3n) is 11.4. The van der Waals surface area contributed by atoms with Crippen molar-refractivity contribution in [1.82, 2.24) is 9.80 Å². The second-order valence-corrected chi connectivity index (χ2v) is 14.3. The van der Waals surface area contributed by atoms with Gasteiger partial charge in [0.25, 0.3) is 0 Å². The average molecular weight is 687 g/mol. The Labute approximate surface area is 290 Å². The van der Waals surface area contributed by atoms with Gasteiger partial charge in [0.15, 0.2) is 0 Å².